The minimum absolute atomic E-state index is 0.0291. The molecule has 0 heterocycles. The second-order valence-electron chi connectivity index (χ2n) is 5.29. The third-order valence-corrected chi connectivity index (χ3v) is 5.59. The fourth-order valence-corrected chi connectivity index (χ4v) is 4.22. The summed E-state index contributed by atoms with van der Waals surface area (Å²) in [6.45, 7) is 0.0291. The summed E-state index contributed by atoms with van der Waals surface area (Å²) in [6.07, 6.45) is 4.20. The van der Waals surface area contributed by atoms with Crippen molar-refractivity contribution in [2.24, 2.45) is 0 Å². The van der Waals surface area contributed by atoms with Crippen molar-refractivity contribution < 1.29 is 13.5 Å². The van der Waals surface area contributed by atoms with Gasteiger partial charge in [-0.25, -0.2) is 13.1 Å². The van der Waals surface area contributed by atoms with E-state index >= 15 is 0 Å². The molecule has 0 aromatic heterocycles. The molecule has 0 amide bonds. The predicted molar refractivity (Wildman–Crippen MR) is 81.8 cm³/mol. The maximum atomic E-state index is 12.3. The van der Waals surface area contributed by atoms with Gasteiger partial charge in [0, 0.05) is 11.0 Å². The number of hydrogen-bond acceptors (Lipinski definition) is 4. The highest BCUT2D eigenvalue weighted by Crippen LogP contribution is 2.28. The molecule has 112 valence electrons. The van der Waals surface area contributed by atoms with Crippen LogP contribution in [0.25, 0.3) is 0 Å². The molecule has 0 saturated heterocycles. The van der Waals surface area contributed by atoms with Crippen LogP contribution in [-0.2, 0) is 10.0 Å². The maximum absolute atomic E-state index is 12.3. The van der Waals surface area contributed by atoms with Crippen molar-refractivity contribution in [2.75, 3.05) is 12.3 Å². The van der Waals surface area contributed by atoms with Crippen LogP contribution in [0.15, 0.2) is 27.6 Å². The molecule has 0 atom stereocenters. The van der Waals surface area contributed by atoms with E-state index in [0.29, 0.717) is 17.3 Å². The lowest BCUT2D eigenvalue weighted by Crippen LogP contribution is -2.44. The van der Waals surface area contributed by atoms with Crippen LogP contribution in [0.4, 0.5) is 5.69 Å². The molecule has 0 radical (unpaired) electrons. The van der Waals surface area contributed by atoms with Crippen LogP contribution in [0.2, 0.25) is 0 Å². The summed E-state index contributed by atoms with van der Waals surface area (Å²) in [7, 11) is -3.72. The van der Waals surface area contributed by atoms with Crippen LogP contribution >= 0.6 is 15.9 Å². The Morgan fingerprint density at radius 3 is 2.60 bits per heavy atom. The first-order valence-electron chi connectivity index (χ1n) is 6.60. The second-order valence-corrected chi connectivity index (χ2v) is 7.94. The Kier molecular flexibility index (Phi) is 4.73. The Labute approximate surface area is 127 Å². The van der Waals surface area contributed by atoms with Gasteiger partial charge >= 0.3 is 0 Å². The molecular weight excluding hydrogens is 344 g/mol. The molecule has 1 aromatic carbocycles. The topological polar surface area (TPSA) is 92.4 Å². The second kappa shape index (κ2) is 6.01. The van der Waals surface area contributed by atoms with Crippen molar-refractivity contribution in [1.29, 1.82) is 0 Å². The average molecular weight is 363 g/mol. The van der Waals surface area contributed by atoms with Crippen LogP contribution in [0.1, 0.15) is 32.1 Å². The van der Waals surface area contributed by atoms with Gasteiger partial charge in [-0.2, -0.15) is 0 Å². The first-order valence-corrected chi connectivity index (χ1v) is 8.87. The summed E-state index contributed by atoms with van der Waals surface area (Å²) in [6, 6.07) is 4.68. The molecule has 1 aliphatic carbocycles. The van der Waals surface area contributed by atoms with Crippen molar-refractivity contribution >= 4 is 31.6 Å². The molecule has 0 unspecified atom stereocenters. The average Bonchev–Trinajstić information content (AvgIpc) is 2.40. The van der Waals surface area contributed by atoms with E-state index in [1.54, 1.807) is 6.07 Å². The normalized spacial score (nSPS) is 18.9. The monoisotopic (exact) mass is 362 g/mol. The van der Waals surface area contributed by atoms with Gasteiger partial charge < -0.3 is 10.8 Å². The van der Waals surface area contributed by atoms with E-state index < -0.39 is 15.6 Å². The maximum Gasteiger partial charge on any atom is 0.242 e. The van der Waals surface area contributed by atoms with Gasteiger partial charge in [-0.15, -0.1) is 0 Å². The fraction of sp³-hybridized carbons (Fsp3) is 0.538. The zero-order valence-electron chi connectivity index (χ0n) is 11.1. The largest absolute Gasteiger partial charge is 0.398 e. The highest BCUT2D eigenvalue weighted by molar-refractivity contribution is 9.10. The molecule has 1 aliphatic rings. The van der Waals surface area contributed by atoms with E-state index in [2.05, 4.69) is 20.7 Å². The van der Waals surface area contributed by atoms with E-state index in [9.17, 15) is 13.5 Å². The molecule has 5 nitrogen and oxygen atoms in total. The van der Waals surface area contributed by atoms with Crippen molar-refractivity contribution in [1.82, 2.24) is 4.72 Å². The molecule has 2 rings (SSSR count). The lowest BCUT2D eigenvalue weighted by atomic mass is 9.85. The van der Waals surface area contributed by atoms with Crippen molar-refractivity contribution in [2.45, 2.75) is 42.6 Å². The van der Waals surface area contributed by atoms with Crippen LogP contribution in [0.3, 0.4) is 0 Å². The molecule has 20 heavy (non-hydrogen) atoms. The third-order valence-electron chi connectivity index (χ3n) is 3.64. The van der Waals surface area contributed by atoms with Crippen LogP contribution < -0.4 is 10.5 Å². The van der Waals surface area contributed by atoms with Gasteiger partial charge in [0.2, 0.25) is 10.0 Å². The third kappa shape index (κ3) is 3.72. The van der Waals surface area contributed by atoms with E-state index in [1.165, 1.54) is 12.1 Å². The van der Waals surface area contributed by atoms with E-state index in [1.807, 2.05) is 0 Å². The van der Waals surface area contributed by atoms with E-state index in [-0.39, 0.29) is 17.1 Å². The molecular formula is C13H19BrN2O3S. The van der Waals surface area contributed by atoms with Crippen LogP contribution in [0, 0.1) is 0 Å². The number of nitrogen functional groups attached to an aromatic ring is 1. The summed E-state index contributed by atoms with van der Waals surface area (Å²) in [5.41, 5.74) is 4.97. The molecule has 1 aromatic rings. The molecule has 1 fully saturated rings. The summed E-state index contributed by atoms with van der Waals surface area (Å²) in [5.74, 6) is 0. The number of nitrogens with two attached hydrogens (primary N) is 1. The molecule has 0 aliphatic heterocycles. The number of hydrogen-bond donors (Lipinski definition) is 3. The van der Waals surface area contributed by atoms with Gasteiger partial charge in [-0.05, 0) is 31.0 Å². The van der Waals surface area contributed by atoms with Gasteiger partial charge in [0.25, 0.3) is 0 Å². The standard InChI is InChI=1S/C13H19BrN2O3S/c14-10-4-5-11(15)12(8-10)20(18,19)16-9-13(17)6-2-1-3-7-13/h4-5,8,16-17H,1-3,6-7,9,15H2. The number of rotatable bonds is 4. The highest BCUT2D eigenvalue weighted by atomic mass is 79.9. The van der Waals surface area contributed by atoms with Gasteiger partial charge in [-0.1, -0.05) is 35.2 Å². The molecule has 4 N–H and O–H groups in total. The number of anilines is 1. The zero-order valence-corrected chi connectivity index (χ0v) is 13.5. The Balaban J connectivity index is 2.13. The minimum Gasteiger partial charge on any atom is -0.398 e. The number of benzene rings is 1. The van der Waals surface area contributed by atoms with Crippen LogP contribution in [0.5, 0.6) is 0 Å². The van der Waals surface area contributed by atoms with Crippen molar-refractivity contribution in [3.8, 4) is 0 Å². The Bertz CT molecular complexity index is 583. The van der Waals surface area contributed by atoms with Gasteiger partial charge in [0.1, 0.15) is 4.90 Å². The number of aliphatic hydroxyl groups is 1. The number of sulfonamides is 1. The number of nitrogens with one attached hydrogen (secondary N) is 1. The first kappa shape index (κ1) is 15.8. The van der Waals surface area contributed by atoms with Gasteiger partial charge in [-0.3, -0.25) is 0 Å². The summed E-state index contributed by atoms with van der Waals surface area (Å²) in [5, 5.41) is 10.3. The number of halogens is 1. The van der Waals surface area contributed by atoms with Gasteiger partial charge in [0.15, 0.2) is 0 Å². The predicted octanol–water partition coefficient (Wildman–Crippen LogP) is 2.00. The van der Waals surface area contributed by atoms with Crippen LogP contribution in [-0.4, -0.2) is 25.7 Å². The summed E-state index contributed by atoms with van der Waals surface area (Å²) < 4.78 is 27.7. The molecule has 7 heteroatoms. The van der Waals surface area contributed by atoms with Crippen molar-refractivity contribution in [3.63, 3.8) is 0 Å². The molecule has 0 spiro atoms. The van der Waals surface area contributed by atoms with E-state index in [0.717, 1.165) is 19.3 Å². The Morgan fingerprint density at radius 1 is 1.30 bits per heavy atom. The summed E-state index contributed by atoms with van der Waals surface area (Å²) >= 11 is 3.23. The quantitative estimate of drug-likeness (QED) is 0.714. The lowest BCUT2D eigenvalue weighted by Gasteiger charge is -2.32. The van der Waals surface area contributed by atoms with Crippen molar-refractivity contribution in [3.05, 3.63) is 22.7 Å². The summed E-state index contributed by atoms with van der Waals surface area (Å²) in [4.78, 5) is 0.0336. The molecule has 0 bridgehead atoms. The highest BCUT2D eigenvalue weighted by Gasteiger charge is 2.31. The zero-order chi connectivity index (χ0) is 14.8. The molecule has 1 saturated carbocycles. The minimum atomic E-state index is -3.72. The fourth-order valence-electron chi connectivity index (χ4n) is 2.43. The lowest BCUT2D eigenvalue weighted by molar-refractivity contribution is 0.00946. The van der Waals surface area contributed by atoms with E-state index in [4.69, 9.17) is 5.73 Å². The Hall–Kier alpha value is -0.630. The Morgan fingerprint density at radius 2 is 1.95 bits per heavy atom. The SMILES string of the molecule is Nc1ccc(Br)cc1S(=O)(=O)NCC1(O)CCCCC1. The smallest absolute Gasteiger partial charge is 0.242 e. The van der Waals surface area contributed by atoms with Gasteiger partial charge in [0.05, 0.1) is 11.3 Å². The first-order chi connectivity index (χ1) is 9.32.